The first-order chi connectivity index (χ1) is 7.99. The summed E-state index contributed by atoms with van der Waals surface area (Å²) in [5.41, 5.74) is -0.515. The summed E-state index contributed by atoms with van der Waals surface area (Å²) < 4.78 is 4.24. The molecule has 7 heteroatoms. The predicted molar refractivity (Wildman–Crippen MR) is 56.1 cm³/mol. The van der Waals surface area contributed by atoms with Crippen LogP contribution in [0.2, 0.25) is 0 Å². The van der Waals surface area contributed by atoms with Crippen molar-refractivity contribution >= 4 is 11.7 Å². The van der Waals surface area contributed by atoms with E-state index in [2.05, 4.69) is 4.74 Å². The fourth-order valence-electron chi connectivity index (χ4n) is 1.32. The second kappa shape index (κ2) is 5.37. The van der Waals surface area contributed by atoms with E-state index in [1.54, 1.807) is 0 Å². The standard InChI is InChI=1S/C10H11NO6/c1-17-10(14)9(13)8(12)6-4-2-3-5-7(6)11(15)16/h2-5,8-9,12-13H,1H3. The van der Waals surface area contributed by atoms with Crippen molar-refractivity contribution < 1.29 is 24.7 Å². The molecule has 0 radical (unpaired) electrons. The number of rotatable bonds is 4. The Morgan fingerprint density at radius 3 is 2.53 bits per heavy atom. The van der Waals surface area contributed by atoms with Gasteiger partial charge < -0.3 is 14.9 Å². The van der Waals surface area contributed by atoms with Crippen molar-refractivity contribution in [1.29, 1.82) is 0 Å². The van der Waals surface area contributed by atoms with Gasteiger partial charge in [0, 0.05) is 6.07 Å². The van der Waals surface area contributed by atoms with E-state index < -0.39 is 23.1 Å². The highest BCUT2D eigenvalue weighted by molar-refractivity contribution is 5.75. The Labute approximate surface area is 96.4 Å². The van der Waals surface area contributed by atoms with Gasteiger partial charge in [0.15, 0.2) is 6.10 Å². The van der Waals surface area contributed by atoms with E-state index in [1.165, 1.54) is 24.3 Å². The Balaban J connectivity index is 3.07. The molecule has 0 saturated carbocycles. The number of methoxy groups -OCH3 is 1. The van der Waals surface area contributed by atoms with Gasteiger partial charge in [0.05, 0.1) is 17.6 Å². The van der Waals surface area contributed by atoms with Crippen LogP contribution in [0.3, 0.4) is 0 Å². The average Bonchev–Trinajstić information content (AvgIpc) is 2.35. The van der Waals surface area contributed by atoms with Gasteiger partial charge in [-0.15, -0.1) is 0 Å². The Hall–Kier alpha value is -1.99. The van der Waals surface area contributed by atoms with Crippen molar-refractivity contribution in [3.63, 3.8) is 0 Å². The molecule has 0 spiro atoms. The number of ether oxygens (including phenoxy) is 1. The van der Waals surface area contributed by atoms with Gasteiger partial charge in [0.1, 0.15) is 6.10 Å². The highest BCUT2D eigenvalue weighted by Gasteiger charge is 2.31. The van der Waals surface area contributed by atoms with Crippen molar-refractivity contribution in [2.24, 2.45) is 0 Å². The summed E-state index contributed by atoms with van der Waals surface area (Å²) in [6.07, 6.45) is -3.56. The maximum atomic E-state index is 11.0. The molecule has 0 aliphatic carbocycles. The predicted octanol–water partition coefficient (Wildman–Crippen LogP) is 0.162. The molecule has 0 aromatic heterocycles. The lowest BCUT2D eigenvalue weighted by Gasteiger charge is -2.15. The molecule has 0 fully saturated rings. The maximum absolute atomic E-state index is 11.0. The molecule has 1 aromatic carbocycles. The number of aliphatic hydroxyl groups excluding tert-OH is 2. The van der Waals surface area contributed by atoms with Crippen LogP contribution in [0.15, 0.2) is 24.3 Å². The smallest absolute Gasteiger partial charge is 0.337 e. The largest absolute Gasteiger partial charge is 0.467 e. The van der Waals surface area contributed by atoms with Crippen molar-refractivity contribution in [2.45, 2.75) is 12.2 Å². The zero-order chi connectivity index (χ0) is 13.0. The Kier molecular flexibility index (Phi) is 4.13. The van der Waals surface area contributed by atoms with E-state index in [4.69, 9.17) is 0 Å². The zero-order valence-corrected chi connectivity index (χ0v) is 8.94. The molecule has 7 nitrogen and oxygen atoms in total. The van der Waals surface area contributed by atoms with Crippen LogP contribution in [0.1, 0.15) is 11.7 Å². The summed E-state index contributed by atoms with van der Waals surface area (Å²) in [7, 11) is 1.04. The van der Waals surface area contributed by atoms with E-state index in [1.807, 2.05) is 0 Å². The SMILES string of the molecule is COC(=O)C(O)C(O)c1ccccc1[N+](=O)[O-]. The molecule has 0 aliphatic heterocycles. The summed E-state index contributed by atoms with van der Waals surface area (Å²) in [5.74, 6) is -1.06. The van der Waals surface area contributed by atoms with Crippen LogP contribution >= 0.6 is 0 Å². The number of benzene rings is 1. The van der Waals surface area contributed by atoms with Crippen LogP contribution in [0.4, 0.5) is 5.69 Å². The van der Waals surface area contributed by atoms with Gasteiger partial charge in [0.25, 0.3) is 5.69 Å². The fourth-order valence-corrected chi connectivity index (χ4v) is 1.32. The summed E-state index contributed by atoms with van der Waals surface area (Å²) in [6, 6.07) is 5.30. The van der Waals surface area contributed by atoms with Crippen LogP contribution in [0.25, 0.3) is 0 Å². The molecule has 0 saturated heterocycles. The minimum atomic E-state index is -1.86. The lowest BCUT2D eigenvalue weighted by Crippen LogP contribution is -2.29. The molecule has 0 bridgehead atoms. The van der Waals surface area contributed by atoms with Crippen LogP contribution in [-0.4, -0.2) is 34.3 Å². The third kappa shape index (κ3) is 2.77. The molecule has 0 heterocycles. The number of carbonyl (C=O) groups excluding carboxylic acids is 1. The molecule has 1 aromatic rings. The Bertz CT molecular complexity index is 433. The first kappa shape index (κ1) is 13.1. The van der Waals surface area contributed by atoms with Crippen LogP contribution in [0, 0.1) is 10.1 Å². The van der Waals surface area contributed by atoms with E-state index in [0.717, 1.165) is 7.11 Å². The minimum absolute atomic E-state index is 0.143. The summed E-state index contributed by atoms with van der Waals surface area (Å²) in [4.78, 5) is 21.0. The number of esters is 1. The quantitative estimate of drug-likeness (QED) is 0.441. The third-order valence-corrected chi connectivity index (χ3v) is 2.19. The lowest BCUT2D eigenvalue weighted by atomic mass is 10.0. The second-order valence-electron chi connectivity index (χ2n) is 3.23. The maximum Gasteiger partial charge on any atom is 0.337 e. The van der Waals surface area contributed by atoms with Crippen molar-refractivity contribution in [2.75, 3.05) is 7.11 Å². The van der Waals surface area contributed by atoms with Crippen LogP contribution in [-0.2, 0) is 9.53 Å². The summed E-state index contributed by atoms with van der Waals surface area (Å²) in [5, 5.41) is 29.7. The van der Waals surface area contributed by atoms with Crippen molar-refractivity contribution in [1.82, 2.24) is 0 Å². The van der Waals surface area contributed by atoms with Gasteiger partial charge in [-0.05, 0) is 6.07 Å². The number of para-hydroxylation sites is 1. The molecule has 17 heavy (non-hydrogen) atoms. The molecule has 2 atom stereocenters. The number of aliphatic hydroxyl groups is 2. The third-order valence-electron chi connectivity index (χ3n) is 2.19. The van der Waals surface area contributed by atoms with Gasteiger partial charge in [-0.3, -0.25) is 10.1 Å². The van der Waals surface area contributed by atoms with Crippen LogP contribution < -0.4 is 0 Å². The second-order valence-corrected chi connectivity index (χ2v) is 3.23. The van der Waals surface area contributed by atoms with Gasteiger partial charge >= 0.3 is 5.97 Å². The first-order valence-corrected chi connectivity index (χ1v) is 4.66. The number of carbonyl (C=O) groups is 1. The fraction of sp³-hybridized carbons (Fsp3) is 0.300. The lowest BCUT2D eigenvalue weighted by molar-refractivity contribution is -0.386. The van der Waals surface area contributed by atoms with E-state index in [0.29, 0.717) is 0 Å². The highest BCUT2D eigenvalue weighted by atomic mass is 16.6. The number of nitro benzene ring substituents is 1. The topological polar surface area (TPSA) is 110 Å². The molecule has 2 N–H and O–H groups in total. The monoisotopic (exact) mass is 241 g/mol. The molecular formula is C10H11NO6. The number of nitrogens with zero attached hydrogens (tertiary/aromatic N) is 1. The zero-order valence-electron chi connectivity index (χ0n) is 8.94. The molecule has 0 amide bonds. The first-order valence-electron chi connectivity index (χ1n) is 4.66. The Morgan fingerprint density at radius 2 is 2.00 bits per heavy atom. The van der Waals surface area contributed by atoms with Gasteiger partial charge in [-0.25, -0.2) is 4.79 Å². The molecule has 2 unspecified atom stereocenters. The summed E-state index contributed by atoms with van der Waals surface area (Å²) >= 11 is 0. The van der Waals surface area contributed by atoms with Crippen LogP contribution in [0.5, 0.6) is 0 Å². The van der Waals surface area contributed by atoms with Crippen molar-refractivity contribution in [3.8, 4) is 0 Å². The van der Waals surface area contributed by atoms with Gasteiger partial charge in [-0.1, -0.05) is 12.1 Å². The molecular weight excluding hydrogens is 230 g/mol. The molecule has 1 rings (SSSR count). The van der Waals surface area contributed by atoms with E-state index in [-0.39, 0.29) is 11.3 Å². The average molecular weight is 241 g/mol. The molecule has 92 valence electrons. The van der Waals surface area contributed by atoms with E-state index >= 15 is 0 Å². The van der Waals surface area contributed by atoms with Crippen molar-refractivity contribution in [3.05, 3.63) is 39.9 Å². The van der Waals surface area contributed by atoms with Gasteiger partial charge in [0.2, 0.25) is 0 Å². The van der Waals surface area contributed by atoms with E-state index in [9.17, 15) is 25.1 Å². The van der Waals surface area contributed by atoms with Gasteiger partial charge in [-0.2, -0.15) is 0 Å². The highest BCUT2D eigenvalue weighted by Crippen LogP contribution is 2.27. The minimum Gasteiger partial charge on any atom is -0.467 e. The molecule has 0 aliphatic rings. The Morgan fingerprint density at radius 1 is 1.41 bits per heavy atom. The normalized spacial score (nSPS) is 13.8. The summed E-state index contributed by atoms with van der Waals surface area (Å²) in [6.45, 7) is 0. The number of hydrogen-bond acceptors (Lipinski definition) is 6. The number of hydrogen-bond donors (Lipinski definition) is 2. The number of nitro groups is 1.